The van der Waals surface area contributed by atoms with Crippen molar-refractivity contribution in [3.05, 3.63) is 34.3 Å². The molecule has 2 N–H and O–H groups in total. The SMILES string of the molecule is CCN(CC)CCC(C)NCCCc1ccc(Cl)c(C(=O)NCC23CC4CC(CC(C4)C2)C3)c1. The van der Waals surface area contributed by atoms with Gasteiger partial charge in [-0.1, -0.05) is 31.5 Å². The Morgan fingerprint density at radius 2 is 1.76 bits per heavy atom. The first-order chi connectivity index (χ1) is 16.4. The van der Waals surface area contributed by atoms with Crippen molar-refractivity contribution in [2.45, 2.75) is 84.6 Å². The number of carbonyl (C=O) groups excluding carboxylic acids is 1. The van der Waals surface area contributed by atoms with E-state index in [2.05, 4.69) is 42.4 Å². The van der Waals surface area contributed by atoms with Crippen LogP contribution in [0.2, 0.25) is 5.02 Å². The molecule has 0 aliphatic heterocycles. The van der Waals surface area contributed by atoms with E-state index in [4.69, 9.17) is 11.6 Å². The number of amides is 1. The highest BCUT2D eigenvalue weighted by Crippen LogP contribution is 2.59. The fourth-order valence-electron chi connectivity index (χ4n) is 7.43. The molecular weight excluding hydrogens is 442 g/mol. The molecule has 190 valence electrons. The van der Waals surface area contributed by atoms with Crippen LogP contribution in [0.4, 0.5) is 0 Å². The van der Waals surface area contributed by atoms with Gasteiger partial charge in [-0.2, -0.15) is 0 Å². The van der Waals surface area contributed by atoms with Gasteiger partial charge in [0.25, 0.3) is 5.91 Å². The number of benzene rings is 1. The van der Waals surface area contributed by atoms with E-state index in [0.717, 1.165) is 63.3 Å². The summed E-state index contributed by atoms with van der Waals surface area (Å²) in [6, 6.07) is 6.51. The van der Waals surface area contributed by atoms with Crippen molar-refractivity contribution in [1.29, 1.82) is 0 Å². The maximum Gasteiger partial charge on any atom is 0.252 e. The van der Waals surface area contributed by atoms with Gasteiger partial charge in [0.15, 0.2) is 0 Å². The van der Waals surface area contributed by atoms with Crippen molar-refractivity contribution >= 4 is 17.5 Å². The van der Waals surface area contributed by atoms with E-state index in [1.807, 2.05) is 12.1 Å². The molecule has 0 radical (unpaired) electrons. The predicted molar refractivity (Wildman–Crippen MR) is 143 cm³/mol. The van der Waals surface area contributed by atoms with Gasteiger partial charge in [0.2, 0.25) is 0 Å². The number of aryl methyl sites for hydroxylation is 1. The Hall–Kier alpha value is -1.10. The Balaban J connectivity index is 1.22. The second kappa shape index (κ2) is 11.8. The summed E-state index contributed by atoms with van der Waals surface area (Å²) >= 11 is 6.46. The largest absolute Gasteiger partial charge is 0.351 e. The molecule has 5 rings (SSSR count). The topological polar surface area (TPSA) is 44.4 Å². The molecule has 4 aliphatic carbocycles. The van der Waals surface area contributed by atoms with Crippen LogP contribution >= 0.6 is 11.6 Å². The van der Waals surface area contributed by atoms with Crippen molar-refractivity contribution in [2.75, 3.05) is 32.7 Å². The molecule has 1 atom stereocenters. The second-order valence-electron chi connectivity index (χ2n) is 11.7. The third-order valence-electron chi connectivity index (χ3n) is 8.97. The lowest BCUT2D eigenvalue weighted by atomic mass is 9.49. The van der Waals surface area contributed by atoms with Crippen LogP contribution in [-0.4, -0.2) is 49.6 Å². The lowest BCUT2D eigenvalue weighted by Gasteiger charge is -2.56. The number of carbonyl (C=O) groups is 1. The lowest BCUT2D eigenvalue weighted by molar-refractivity contribution is -0.0503. The normalized spacial score (nSPS) is 28.4. The Labute approximate surface area is 212 Å². The van der Waals surface area contributed by atoms with E-state index in [1.54, 1.807) is 0 Å². The highest BCUT2D eigenvalue weighted by molar-refractivity contribution is 6.33. The number of hydrogen-bond acceptors (Lipinski definition) is 3. The van der Waals surface area contributed by atoms with Crippen LogP contribution in [0.25, 0.3) is 0 Å². The average Bonchev–Trinajstić information content (AvgIpc) is 2.81. The summed E-state index contributed by atoms with van der Waals surface area (Å²) in [5, 5.41) is 7.52. The maximum atomic E-state index is 13.1. The molecule has 4 fully saturated rings. The molecule has 34 heavy (non-hydrogen) atoms. The number of nitrogens with zero attached hydrogens (tertiary/aromatic N) is 1. The predicted octanol–water partition coefficient (Wildman–Crippen LogP) is 5.93. The Kier molecular flexibility index (Phi) is 8.98. The minimum Gasteiger partial charge on any atom is -0.351 e. The molecule has 1 aromatic rings. The van der Waals surface area contributed by atoms with Gasteiger partial charge in [0.05, 0.1) is 10.6 Å². The molecule has 0 spiro atoms. The molecule has 0 heterocycles. The molecule has 1 amide bonds. The van der Waals surface area contributed by atoms with E-state index >= 15 is 0 Å². The molecule has 4 saturated carbocycles. The number of halogens is 1. The number of rotatable bonds is 13. The van der Waals surface area contributed by atoms with Crippen molar-refractivity contribution in [3.63, 3.8) is 0 Å². The van der Waals surface area contributed by atoms with Gasteiger partial charge in [0.1, 0.15) is 0 Å². The molecule has 4 nitrogen and oxygen atoms in total. The summed E-state index contributed by atoms with van der Waals surface area (Å²) in [7, 11) is 0. The number of hydrogen-bond donors (Lipinski definition) is 2. The maximum absolute atomic E-state index is 13.1. The highest BCUT2D eigenvalue weighted by Gasteiger charge is 2.50. The summed E-state index contributed by atoms with van der Waals surface area (Å²) in [5.41, 5.74) is 2.19. The summed E-state index contributed by atoms with van der Waals surface area (Å²) < 4.78 is 0. The van der Waals surface area contributed by atoms with Crippen LogP contribution in [0.1, 0.15) is 88.1 Å². The van der Waals surface area contributed by atoms with E-state index in [0.29, 0.717) is 22.0 Å². The quantitative estimate of drug-likeness (QED) is 0.339. The van der Waals surface area contributed by atoms with Crippen molar-refractivity contribution in [1.82, 2.24) is 15.5 Å². The molecule has 4 aliphatic rings. The van der Waals surface area contributed by atoms with Gasteiger partial charge in [-0.15, -0.1) is 0 Å². The van der Waals surface area contributed by atoms with Crippen LogP contribution in [-0.2, 0) is 6.42 Å². The van der Waals surface area contributed by atoms with E-state index < -0.39 is 0 Å². The first-order valence-corrected chi connectivity index (χ1v) is 14.3. The lowest BCUT2D eigenvalue weighted by Crippen LogP contribution is -2.51. The molecule has 1 aromatic carbocycles. The third kappa shape index (κ3) is 6.56. The van der Waals surface area contributed by atoms with Gasteiger partial charge >= 0.3 is 0 Å². The zero-order valence-electron chi connectivity index (χ0n) is 21.7. The highest BCUT2D eigenvalue weighted by atomic mass is 35.5. The van der Waals surface area contributed by atoms with Gasteiger partial charge in [0, 0.05) is 12.6 Å². The van der Waals surface area contributed by atoms with Crippen LogP contribution in [0, 0.1) is 23.2 Å². The van der Waals surface area contributed by atoms with Crippen molar-refractivity contribution in [3.8, 4) is 0 Å². The summed E-state index contributed by atoms with van der Waals surface area (Å²) in [6.07, 6.45) is 11.4. The minimum absolute atomic E-state index is 0.00532. The van der Waals surface area contributed by atoms with Gasteiger partial charge in [-0.05, 0) is 132 Å². The van der Waals surface area contributed by atoms with Crippen LogP contribution in [0.3, 0.4) is 0 Å². The Bertz CT molecular complexity index is 786. The summed E-state index contributed by atoms with van der Waals surface area (Å²) in [6.45, 7) is 12.0. The fraction of sp³-hybridized carbons (Fsp3) is 0.759. The summed E-state index contributed by atoms with van der Waals surface area (Å²) in [4.78, 5) is 15.6. The van der Waals surface area contributed by atoms with Gasteiger partial charge in [-0.3, -0.25) is 4.79 Å². The van der Waals surface area contributed by atoms with E-state index in [1.165, 1.54) is 50.5 Å². The molecule has 0 aromatic heterocycles. The van der Waals surface area contributed by atoms with Crippen LogP contribution in [0.5, 0.6) is 0 Å². The first kappa shape index (κ1) is 26.0. The molecule has 5 heteroatoms. The fourth-order valence-corrected chi connectivity index (χ4v) is 7.63. The zero-order valence-corrected chi connectivity index (χ0v) is 22.4. The van der Waals surface area contributed by atoms with E-state index in [-0.39, 0.29) is 5.91 Å². The van der Waals surface area contributed by atoms with Crippen molar-refractivity contribution in [2.24, 2.45) is 23.2 Å². The van der Waals surface area contributed by atoms with Crippen molar-refractivity contribution < 1.29 is 4.79 Å². The molecular formula is C29H46ClN3O. The molecule has 4 bridgehead atoms. The van der Waals surface area contributed by atoms with Gasteiger partial charge < -0.3 is 15.5 Å². The second-order valence-corrected chi connectivity index (χ2v) is 12.1. The average molecular weight is 488 g/mol. The number of nitrogens with one attached hydrogen (secondary N) is 2. The third-order valence-corrected chi connectivity index (χ3v) is 9.30. The van der Waals surface area contributed by atoms with E-state index in [9.17, 15) is 4.79 Å². The zero-order chi connectivity index (χ0) is 24.1. The van der Waals surface area contributed by atoms with Crippen LogP contribution < -0.4 is 10.6 Å². The standard InChI is InChI=1S/C29H46ClN3O/c1-4-33(5-2)12-10-21(3)31-11-6-7-22-8-9-27(30)26(16-22)28(34)32-20-29-17-23-13-24(18-29)15-25(14-23)19-29/h8-9,16,21,23-25,31H,4-7,10-15,17-20H2,1-3H3,(H,32,34). The molecule has 1 unspecified atom stereocenters. The Morgan fingerprint density at radius 1 is 1.12 bits per heavy atom. The molecule has 0 saturated heterocycles. The smallest absolute Gasteiger partial charge is 0.252 e. The first-order valence-electron chi connectivity index (χ1n) is 13.9. The summed E-state index contributed by atoms with van der Waals surface area (Å²) in [5.74, 6) is 2.72. The van der Waals surface area contributed by atoms with Gasteiger partial charge in [-0.25, -0.2) is 0 Å². The Morgan fingerprint density at radius 3 is 2.38 bits per heavy atom. The van der Waals surface area contributed by atoms with Crippen LogP contribution in [0.15, 0.2) is 18.2 Å². The minimum atomic E-state index is 0.00532. The monoisotopic (exact) mass is 487 g/mol.